The first-order valence-electron chi connectivity index (χ1n) is 6.68. The van der Waals surface area contributed by atoms with Crippen molar-refractivity contribution in [3.63, 3.8) is 0 Å². The molecule has 0 amide bonds. The molecule has 1 aromatic heterocycles. The van der Waals surface area contributed by atoms with Crippen molar-refractivity contribution in [3.8, 4) is 5.75 Å². The molecular formula is C15H19ClN2O2. The van der Waals surface area contributed by atoms with E-state index in [-0.39, 0.29) is 6.04 Å². The van der Waals surface area contributed by atoms with Gasteiger partial charge in [0, 0.05) is 22.7 Å². The van der Waals surface area contributed by atoms with Crippen LogP contribution in [0.1, 0.15) is 30.4 Å². The molecule has 0 aliphatic carbocycles. The Morgan fingerprint density at radius 2 is 2.25 bits per heavy atom. The summed E-state index contributed by atoms with van der Waals surface area (Å²) in [6.07, 6.45) is 1.59. The summed E-state index contributed by atoms with van der Waals surface area (Å²) in [6.45, 7) is 4.26. The Hall–Kier alpha value is -1.52. The summed E-state index contributed by atoms with van der Waals surface area (Å²) in [5.74, 6) is 1.43. The first kappa shape index (κ1) is 14.9. The molecule has 0 fully saturated rings. The molecule has 4 nitrogen and oxygen atoms in total. The minimum Gasteiger partial charge on any atom is -0.485 e. The molecule has 0 bridgehead atoms. The molecule has 1 heterocycles. The van der Waals surface area contributed by atoms with Gasteiger partial charge >= 0.3 is 0 Å². The maximum atomic E-state index is 6.24. The van der Waals surface area contributed by atoms with Crippen molar-refractivity contribution < 1.29 is 9.26 Å². The molecule has 0 aliphatic rings. The van der Waals surface area contributed by atoms with Gasteiger partial charge in [-0.05, 0) is 31.9 Å². The van der Waals surface area contributed by atoms with Gasteiger partial charge in [0.1, 0.15) is 12.4 Å². The van der Waals surface area contributed by atoms with Crippen LogP contribution in [0.2, 0.25) is 5.02 Å². The van der Waals surface area contributed by atoms with E-state index in [1.54, 1.807) is 0 Å². The number of hydrogen-bond acceptors (Lipinski definition) is 4. The maximum Gasteiger partial charge on any atom is 0.174 e. The molecule has 2 aromatic rings. The van der Waals surface area contributed by atoms with Gasteiger partial charge < -0.3 is 15.0 Å². The second kappa shape index (κ2) is 6.77. The SMILES string of the molecule is CCC(N)Cc1c(Cl)cccc1OCc1cc(C)no1. The van der Waals surface area contributed by atoms with Gasteiger partial charge in [0.2, 0.25) is 0 Å². The summed E-state index contributed by atoms with van der Waals surface area (Å²) >= 11 is 6.24. The Morgan fingerprint density at radius 3 is 2.90 bits per heavy atom. The van der Waals surface area contributed by atoms with Crippen molar-refractivity contribution in [1.29, 1.82) is 0 Å². The summed E-state index contributed by atoms with van der Waals surface area (Å²) in [5, 5.41) is 4.51. The minimum absolute atomic E-state index is 0.0739. The molecule has 0 spiro atoms. The molecule has 20 heavy (non-hydrogen) atoms. The standard InChI is InChI=1S/C15H19ClN2O2/c1-3-11(17)8-13-14(16)5-4-6-15(13)19-9-12-7-10(2)18-20-12/h4-7,11H,3,8-9,17H2,1-2H3. The topological polar surface area (TPSA) is 61.3 Å². The summed E-state index contributed by atoms with van der Waals surface area (Å²) in [4.78, 5) is 0. The van der Waals surface area contributed by atoms with E-state index in [1.165, 1.54) is 0 Å². The zero-order valence-corrected chi connectivity index (χ0v) is 12.5. The Labute approximate surface area is 123 Å². The fraction of sp³-hybridized carbons (Fsp3) is 0.400. The Kier molecular flexibility index (Phi) is 5.04. The molecular weight excluding hydrogens is 276 g/mol. The average Bonchev–Trinajstić information content (AvgIpc) is 2.85. The van der Waals surface area contributed by atoms with E-state index in [9.17, 15) is 0 Å². The number of aryl methyl sites for hydroxylation is 1. The van der Waals surface area contributed by atoms with Crippen molar-refractivity contribution in [3.05, 3.63) is 46.3 Å². The van der Waals surface area contributed by atoms with E-state index < -0.39 is 0 Å². The van der Waals surface area contributed by atoms with Crippen molar-refractivity contribution in [2.45, 2.75) is 39.3 Å². The van der Waals surface area contributed by atoms with Gasteiger partial charge in [-0.3, -0.25) is 0 Å². The molecule has 1 aromatic carbocycles. The van der Waals surface area contributed by atoms with Crippen LogP contribution < -0.4 is 10.5 Å². The molecule has 0 saturated heterocycles. The van der Waals surface area contributed by atoms with E-state index in [1.807, 2.05) is 31.2 Å². The van der Waals surface area contributed by atoms with Gasteiger partial charge in [-0.25, -0.2) is 0 Å². The number of aromatic nitrogens is 1. The highest BCUT2D eigenvalue weighted by molar-refractivity contribution is 6.31. The van der Waals surface area contributed by atoms with E-state index in [2.05, 4.69) is 12.1 Å². The molecule has 5 heteroatoms. The quantitative estimate of drug-likeness (QED) is 0.886. The third-order valence-electron chi connectivity index (χ3n) is 3.11. The van der Waals surface area contributed by atoms with Crippen molar-refractivity contribution in [1.82, 2.24) is 5.16 Å². The summed E-state index contributed by atoms with van der Waals surface area (Å²) < 4.78 is 10.9. The van der Waals surface area contributed by atoms with Crippen LogP contribution in [-0.4, -0.2) is 11.2 Å². The van der Waals surface area contributed by atoms with Crippen LogP contribution in [0.25, 0.3) is 0 Å². The van der Waals surface area contributed by atoms with E-state index in [0.717, 1.165) is 23.4 Å². The number of halogens is 1. The molecule has 108 valence electrons. The molecule has 0 aliphatic heterocycles. The van der Waals surface area contributed by atoms with Crippen LogP contribution in [-0.2, 0) is 13.0 Å². The molecule has 1 atom stereocenters. The van der Waals surface area contributed by atoms with Crippen LogP contribution in [0.3, 0.4) is 0 Å². The molecule has 0 saturated carbocycles. The van der Waals surface area contributed by atoms with Crippen LogP contribution in [0.5, 0.6) is 5.75 Å². The van der Waals surface area contributed by atoms with E-state index in [0.29, 0.717) is 23.8 Å². The monoisotopic (exact) mass is 294 g/mol. The van der Waals surface area contributed by atoms with E-state index >= 15 is 0 Å². The lowest BCUT2D eigenvalue weighted by Crippen LogP contribution is -2.22. The average molecular weight is 295 g/mol. The van der Waals surface area contributed by atoms with Gasteiger partial charge in [-0.1, -0.05) is 29.7 Å². The zero-order valence-electron chi connectivity index (χ0n) is 11.7. The van der Waals surface area contributed by atoms with E-state index in [4.69, 9.17) is 26.6 Å². The highest BCUT2D eigenvalue weighted by Gasteiger charge is 2.12. The predicted octanol–water partition coefficient (Wildman–Crippen LogP) is 3.50. The van der Waals surface area contributed by atoms with Gasteiger partial charge in [0.05, 0.1) is 5.69 Å². The molecule has 1 unspecified atom stereocenters. The Morgan fingerprint density at radius 1 is 1.45 bits per heavy atom. The number of benzene rings is 1. The summed E-state index contributed by atoms with van der Waals surface area (Å²) in [6, 6.07) is 7.54. The highest BCUT2D eigenvalue weighted by atomic mass is 35.5. The Bertz CT molecular complexity index is 569. The van der Waals surface area contributed by atoms with Crippen LogP contribution in [0.4, 0.5) is 0 Å². The lowest BCUT2D eigenvalue weighted by molar-refractivity contribution is 0.246. The summed E-state index contributed by atoms with van der Waals surface area (Å²) in [5.41, 5.74) is 7.79. The molecule has 2 rings (SSSR count). The second-order valence-corrected chi connectivity index (χ2v) is 5.22. The van der Waals surface area contributed by atoms with Crippen molar-refractivity contribution >= 4 is 11.6 Å². The fourth-order valence-corrected chi connectivity index (χ4v) is 2.15. The molecule has 0 radical (unpaired) electrons. The number of nitrogens with zero attached hydrogens (tertiary/aromatic N) is 1. The predicted molar refractivity (Wildman–Crippen MR) is 79.0 cm³/mol. The van der Waals surface area contributed by atoms with Crippen molar-refractivity contribution in [2.24, 2.45) is 5.73 Å². The molecule has 2 N–H and O–H groups in total. The second-order valence-electron chi connectivity index (χ2n) is 4.81. The Balaban J connectivity index is 2.12. The third kappa shape index (κ3) is 3.74. The number of hydrogen-bond donors (Lipinski definition) is 1. The lowest BCUT2D eigenvalue weighted by atomic mass is 10.0. The minimum atomic E-state index is 0.0739. The largest absolute Gasteiger partial charge is 0.485 e. The zero-order chi connectivity index (χ0) is 14.5. The number of nitrogens with two attached hydrogens (primary N) is 1. The van der Waals surface area contributed by atoms with Crippen molar-refractivity contribution in [2.75, 3.05) is 0 Å². The van der Waals surface area contributed by atoms with Gasteiger partial charge in [0.25, 0.3) is 0 Å². The summed E-state index contributed by atoms with van der Waals surface area (Å²) in [7, 11) is 0. The van der Waals surface area contributed by atoms with Crippen LogP contribution >= 0.6 is 11.6 Å². The third-order valence-corrected chi connectivity index (χ3v) is 3.47. The first-order chi connectivity index (χ1) is 9.60. The number of rotatable bonds is 6. The normalized spacial score (nSPS) is 12.4. The highest BCUT2D eigenvalue weighted by Crippen LogP contribution is 2.28. The smallest absolute Gasteiger partial charge is 0.174 e. The number of ether oxygens (including phenoxy) is 1. The fourth-order valence-electron chi connectivity index (χ4n) is 1.91. The maximum absolute atomic E-state index is 6.24. The van der Waals surface area contributed by atoms with Crippen LogP contribution in [0, 0.1) is 6.92 Å². The van der Waals surface area contributed by atoms with Gasteiger partial charge in [-0.2, -0.15) is 0 Å². The van der Waals surface area contributed by atoms with Gasteiger partial charge in [-0.15, -0.1) is 0 Å². The lowest BCUT2D eigenvalue weighted by Gasteiger charge is -2.15. The van der Waals surface area contributed by atoms with Crippen LogP contribution in [0.15, 0.2) is 28.8 Å². The van der Waals surface area contributed by atoms with Gasteiger partial charge in [0.15, 0.2) is 5.76 Å². The first-order valence-corrected chi connectivity index (χ1v) is 7.06.